The number of anilines is 3. The monoisotopic (exact) mass is 389 g/mol. The van der Waals surface area contributed by atoms with E-state index in [0.717, 1.165) is 15.7 Å². The molecular weight excluding hydrogens is 378 g/mol. The van der Waals surface area contributed by atoms with Crippen LogP contribution in [0.15, 0.2) is 59.2 Å². The molecule has 7 heteroatoms. The van der Waals surface area contributed by atoms with E-state index < -0.39 is 0 Å². The molecule has 0 atom stereocenters. The minimum Gasteiger partial charge on any atom is -0.349 e. The molecule has 0 saturated carbocycles. The summed E-state index contributed by atoms with van der Waals surface area (Å²) in [7, 11) is 0. The van der Waals surface area contributed by atoms with E-state index in [1.54, 1.807) is 6.20 Å². The standard InChI is InChI=1S/C16H13BrClN5/c17-12-6-2-4-8-14(12)21-15-10-20-23-16(22-15)19-9-11-5-1-3-7-13(11)18/h1-8,10H,9H2,(H2,19,21,22,23). The first-order valence-electron chi connectivity index (χ1n) is 6.91. The molecule has 0 aliphatic heterocycles. The highest BCUT2D eigenvalue weighted by Crippen LogP contribution is 2.24. The highest BCUT2D eigenvalue weighted by Gasteiger charge is 2.04. The van der Waals surface area contributed by atoms with Gasteiger partial charge in [0, 0.05) is 16.0 Å². The summed E-state index contributed by atoms with van der Waals surface area (Å²) in [5.41, 5.74) is 1.88. The molecule has 0 amide bonds. The van der Waals surface area contributed by atoms with Crippen molar-refractivity contribution in [3.8, 4) is 0 Å². The lowest BCUT2D eigenvalue weighted by Crippen LogP contribution is -2.06. The Labute approximate surface area is 147 Å². The van der Waals surface area contributed by atoms with Gasteiger partial charge in [0.25, 0.3) is 0 Å². The number of rotatable bonds is 5. The van der Waals surface area contributed by atoms with Crippen LogP contribution in [0.1, 0.15) is 5.56 Å². The Balaban J connectivity index is 1.70. The molecule has 3 aromatic rings. The Bertz CT molecular complexity index is 812. The zero-order chi connectivity index (χ0) is 16.1. The fourth-order valence-corrected chi connectivity index (χ4v) is 2.54. The number of aromatic nitrogens is 3. The molecule has 0 aliphatic carbocycles. The maximum absolute atomic E-state index is 6.13. The van der Waals surface area contributed by atoms with Crippen LogP contribution in [0.25, 0.3) is 0 Å². The molecule has 1 aromatic heterocycles. The second-order valence-corrected chi connectivity index (χ2v) is 5.98. The summed E-state index contributed by atoms with van der Waals surface area (Å²) >= 11 is 9.62. The number of nitrogens with zero attached hydrogens (tertiary/aromatic N) is 3. The van der Waals surface area contributed by atoms with Crippen molar-refractivity contribution < 1.29 is 0 Å². The van der Waals surface area contributed by atoms with E-state index >= 15 is 0 Å². The third-order valence-electron chi connectivity index (χ3n) is 3.09. The van der Waals surface area contributed by atoms with E-state index in [9.17, 15) is 0 Å². The molecule has 1 heterocycles. The first kappa shape index (κ1) is 15.7. The molecule has 116 valence electrons. The van der Waals surface area contributed by atoms with E-state index in [0.29, 0.717) is 23.3 Å². The molecule has 0 unspecified atom stereocenters. The number of para-hydroxylation sites is 1. The van der Waals surface area contributed by atoms with E-state index in [1.807, 2.05) is 48.5 Å². The highest BCUT2D eigenvalue weighted by atomic mass is 79.9. The van der Waals surface area contributed by atoms with E-state index in [1.165, 1.54) is 0 Å². The minimum atomic E-state index is 0.432. The fourth-order valence-electron chi connectivity index (χ4n) is 1.96. The Hall–Kier alpha value is -2.18. The van der Waals surface area contributed by atoms with Crippen molar-refractivity contribution in [3.05, 3.63) is 69.8 Å². The van der Waals surface area contributed by atoms with Gasteiger partial charge in [-0.05, 0) is 39.7 Å². The Kier molecular flexibility index (Phi) is 5.05. The van der Waals surface area contributed by atoms with Crippen molar-refractivity contribution in [2.75, 3.05) is 10.6 Å². The van der Waals surface area contributed by atoms with Gasteiger partial charge in [0.05, 0.1) is 11.9 Å². The first-order chi connectivity index (χ1) is 11.2. The number of nitrogens with one attached hydrogen (secondary N) is 2. The maximum atomic E-state index is 6.13. The van der Waals surface area contributed by atoms with E-state index in [-0.39, 0.29) is 0 Å². The molecule has 0 aliphatic rings. The summed E-state index contributed by atoms with van der Waals surface area (Å²) in [5, 5.41) is 15.0. The van der Waals surface area contributed by atoms with Gasteiger partial charge < -0.3 is 10.6 Å². The van der Waals surface area contributed by atoms with Crippen LogP contribution in [-0.4, -0.2) is 15.2 Å². The fraction of sp³-hybridized carbons (Fsp3) is 0.0625. The molecule has 0 fully saturated rings. The third kappa shape index (κ3) is 4.18. The van der Waals surface area contributed by atoms with E-state index in [4.69, 9.17) is 11.6 Å². The number of halogens is 2. The lowest BCUT2D eigenvalue weighted by Gasteiger charge is -2.09. The van der Waals surface area contributed by atoms with Gasteiger partial charge in [-0.3, -0.25) is 0 Å². The average molecular weight is 391 g/mol. The lowest BCUT2D eigenvalue weighted by molar-refractivity contribution is 0.949. The topological polar surface area (TPSA) is 62.7 Å². The first-order valence-corrected chi connectivity index (χ1v) is 8.08. The molecule has 2 N–H and O–H groups in total. The zero-order valence-corrected chi connectivity index (χ0v) is 14.3. The summed E-state index contributed by atoms with van der Waals surface area (Å²) < 4.78 is 0.948. The van der Waals surface area contributed by atoms with Gasteiger partial charge in [0.2, 0.25) is 5.95 Å². The molecule has 0 saturated heterocycles. The summed E-state index contributed by atoms with van der Waals surface area (Å²) in [4.78, 5) is 4.39. The van der Waals surface area contributed by atoms with Crippen molar-refractivity contribution in [1.82, 2.24) is 15.2 Å². The lowest BCUT2D eigenvalue weighted by atomic mass is 10.2. The van der Waals surface area contributed by atoms with Crippen molar-refractivity contribution in [2.24, 2.45) is 0 Å². The van der Waals surface area contributed by atoms with Crippen LogP contribution in [0.3, 0.4) is 0 Å². The smallest absolute Gasteiger partial charge is 0.244 e. The molecule has 3 rings (SSSR count). The van der Waals surface area contributed by atoms with Crippen LogP contribution < -0.4 is 10.6 Å². The normalized spacial score (nSPS) is 10.3. The van der Waals surface area contributed by atoms with Crippen molar-refractivity contribution in [3.63, 3.8) is 0 Å². The minimum absolute atomic E-state index is 0.432. The molecule has 23 heavy (non-hydrogen) atoms. The van der Waals surface area contributed by atoms with Gasteiger partial charge in [-0.2, -0.15) is 10.1 Å². The number of hydrogen-bond donors (Lipinski definition) is 2. The van der Waals surface area contributed by atoms with Crippen LogP contribution in [0.5, 0.6) is 0 Å². The summed E-state index contributed by atoms with van der Waals surface area (Å²) in [6.45, 7) is 0.528. The Morgan fingerprint density at radius 1 is 1.04 bits per heavy atom. The molecule has 0 radical (unpaired) electrons. The highest BCUT2D eigenvalue weighted by molar-refractivity contribution is 9.10. The van der Waals surface area contributed by atoms with Crippen LogP contribution in [0.2, 0.25) is 5.02 Å². The van der Waals surface area contributed by atoms with Crippen LogP contribution in [0.4, 0.5) is 17.5 Å². The number of benzene rings is 2. The van der Waals surface area contributed by atoms with Crippen LogP contribution in [-0.2, 0) is 6.54 Å². The number of hydrogen-bond acceptors (Lipinski definition) is 5. The average Bonchev–Trinajstić information content (AvgIpc) is 2.57. The summed E-state index contributed by atoms with van der Waals surface area (Å²) in [6.07, 6.45) is 1.57. The molecule has 0 bridgehead atoms. The zero-order valence-electron chi connectivity index (χ0n) is 12.0. The van der Waals surface area contributed by atoms with Gasteiger partial charge in [0.15, 0.2) is 5.82 Å². The predicted molar refractivity (Wildman–Crippen MR) is 96.0 cm³/mol. The van der Waals surface area contributed by atoms with Gasteiger partial charge >= 0.3 is 0 Å². The van der Waals surface area contributed by atoms with Crippen LogP contribution in [0, 0.1) is 0 Å². The summed E-state index contributed by atoms with van der Waals surface area (Å²) in [6, 6.07) is 15.4. The quantitative estimate of drug-likeness (QED) is 0.664. The van der Waals surface area contributed by atoms with Crippen molar-refractivity contribution in [2.45, 2.75) is 6.54 Å². The summed E-state index contributed by atoms with van der Waals surface area (Å²) in [5.74, 6) is 1.04. The van der Waals surface area contributed by atoms with Gasteiger partial charge in [0.1, 0.15) is 0 Å². The largest absolute Gasteiger partial charge is 0.349 e. The predicted octanol–water partition coefficient (Wildman–Crippen LogP) is 4.64. The van der Waals surface area contributed by atoms with Gasteiger partial charge in [-0.25, -0.2) is 0 Å². The van der Waals surface area contributed by atoms with Crippen LogP contribution >= 0.6 is 27.5 Å². The maximum Gasteiger partial charge on any atom is 0.244 e. The van der Waals surface area contributed by atoms with Gasteiger partial charge in [-0.15, -0.1) is 5.10 Å². The van der Waals surface area contributed by atoms with Gasteiger partial charge in [-0.1, -0.05) is 41.9 Å². The third-order valence-corrected chi connectivity index (χ3v) is 4.15. The molecular formula is C16H13BrClN5. The molecule has 5 nitrogen and oxygen atoms in total. The second-order valence-electron chi connectivity index (χ2n) is 4.72. The molecule has 0 spiro atoms. The van der Waals surface area contributed by atoms with Crippen molar-refractivity contribution >= 4 is 45.0 Å². The Morgan fingerprint density at radius 2 is 1.83 bits per heavy atom. The SMILES string of the molecule is Clc1ccccc1CNc1nncc(Nc2ccccc2Br)n1. The second kappa shape index (κ2) is 7.39. The van der Waals surface area contributed by atoms with E-state index in [2.05, 4.69) is 41.7 Å². The molecule has 2 aromatic carbocycles. The van der Waals surface area contributed by atoms with Crippen molar-refractivity contribution in [1.29, 1.82) is 0 Å². The Morgan fingerprint density at radius 3 is 2.65 bits per heavy atom.